The first-order valence-corrected chi connectivity index (χ1v) is 9.69. The molecule has 2 saturated heterocycles. The van der Waals surface area contributed by atoms with Crippen LogP contribution < -0.4 is 10.1 Å². The SMILES string of the molecule is COc1cc(C2CCN(C(=O)CC[C@@]3(C)CC(=O)NC3=O)CC2)c(C)cc1F. The van der Waals surface area contributed by atoms with Gasteiger partial charge in [-0.3, -0.25) is 19.7 Å². The predicted octanol–water partition coefficient (Wildman–Crippen LogP) is 2.68. The number of hydrogen-bond donors (Lipinski definition) is 1. The van der Waals surface area contributed by atoms with Crippen LogP contribution in [0.5, 0.6) is 5.75 Å². The summed E-state index contributed by atoms with van der Waals surface area (Å²) >= 11 is 0. The highest BCUT2D eigenvalue weighted by Crippen LogP contribution is 2.35. The van der Waals surface area contributed by atoms with E-state index in [-0.39, 0.29) is 48.0 Å². The Morgan fingerprint density at radius 3 is 2.57 bits per heavy atom. The standard InChI is InChI=1S/C21H27FN2O4/c1-13-10-16(22)17(28-3)11-15(13)14-5-8-24(9-6-14)19(26)4-7-21(2)12-18(25)23-20(21)27/h10-11,14H,4-9,12H2,1-3H3,(H,23,25,27)/t21-/m0/s1. The molecule has 1 N–H and O–H groups in total. The molecular formula is C21H27FN2O4. The van der Waals surface area contributed by atoms with Crippen molar-refractivity contribution in [2.75, 3.05) is 20.2 Å². The van der Waals surface area contributed by atoms with Crippen LogP contribution in [0.3, 0.4) is 0 Å². The van der Waals surface area contributed by atoms with Crippen LogP contribution in [0.15, 0.2) is 12.1 Å². The Morgan fingerprint density at radius 2 is 2.00 bits per heavy atom. The van der Waals surface area contributed by atoms with E-state index < -0.39 is 5.41 Å². The normalized spacial score (nSPS) is 23.1. The van der Waals surface area contributed by atoms with E-state index >= 15 is 0 Å². The van der Waals surface area contributed by atoms with Crippen molar-refractivity contribution in [1.29, 1.82) is 0 Å². The van der Waals surface area contributed by atoms with Gasteiger partial charge in [0, 0.05) is 25.9 Å². The average molecular weight is 390 g/mol. The minimum absolute atomic E-state index is 0.0141. The number of rotatable bonds is 5. The number of imide groups is 1. The van der Waals surface area contributed by atoms with E-state index in [1.165, 1.54) is 13.2 Å². The lowest BCUT2D eigenvalue weighted by Gasteiger charge is -2.33. The van der Waals surface area contributed by atoms with E-state index in [4.69, 9.17) is 4.74 Å². The maximum Gasteiger partial charge on any atom is 0.233 e. The van der Waals surface area contributed by atoms with Crippen molar-refractivity contribution >= 4 is 17.7 Å². The van der Waals surface area contributed by atoms with Crippen molar-refractivity contribution in [1.82, 2.24) is 10.2 Å². The van der Waals surface area contributed by atoms with Crippen LogP contribution in [0, 0.1) is 18.2 Å². The molecule has 1 atom stereocenters. The summed E-state index contributed by atoms with van der Waals surface area (Å²) in [6.45, 7) is 4.89. The number of nitrogens with zero attached hydrogens (tertiary/aromatic N) is 1. The third-order valence-corrected chi connectivity index (χ3v) is 6.07. The van der Waals surface area contributed by atoms with Gasteiger partial charge >= 0.3 is 0 Å². The Kier molecular flexibility index (Phi) is 5.72. The Bertz CT molecular complexity index is 802. The van der Waals surface area contributed by atoms with Crippen LogP contribution in [0.25, 0.3) is 0 Å². The van der Waals surface area contributed by atoms with Crippen LogP contribution in [0.1, 0.15) is 56.1 Å². The van der Waals surface area contributed by atoms with Gasteiger partial charge in [-0.15, -0.1) is 0 Å². The molecule has 7 heteroatoms. The molecular weight excluding hydrogens is 363 g/mol. The first-order chi connectivity index (χ1) is 13.2. The second-order valence-electron chi connectivity index (χ2n) is 8.11. The summed E-state index contributed by atoms with van der Waals surface area (Å²) in [7, 11) is 1.46. The smallest absolute Gasteiger partial charge is 0.233 e. The fourth-order valence-electron chi connectivity index (χ4n) is 4.20. The van der Waals surface area contributed by atoms with Crippen molar-refractivity contribution in [2.24, 2.45) is 5.41 Å². The number of carbonyl (C=O) groups is 3. The van der Waals surface area contributed by atoms with E-state index in [9.17, 15) is 18.8 Å². The molecule has 28 heavy (non-hydrogen) atoms. The molecule has 0 unspecified atom stereocenters. The number of piperidine rings is 1. The zero-order valence-electron chi connectivity index (χ0n) is 16.6. The highest BCUT2D eigenvalue weighted by Gasteiger charge is 2.42. The maximum atomic E-state index is 13.8. The van der Waals surface area contributed by atoms with Gasteiger partial charge in [0.05, 0.1) is 12.5 Å². The number of amides is 3. The number of ether oxygens (including phenoxy) is 1. The fourth-order valence-corrected chi connectivity index (χ4v) is 4.20. The number of halogens is 1. The number of hydrogen-bond acceptors (Lipinski definition) is 4. The second kappa shape index (κ2) is 7.89. The monoisotopic (exact) mass is 390 g/mol. The highest BCUT2D eigenvalue weighted by molar-refractivity contribution is 6.05. The molecule has 0 bridgehead atoms. The Labute approximate surface area is 164 Å². The average Bonchev–Trinajstić information content (AvgIpc) is 2.92. The molecule has 0 spiro atoms. The van der Waals surface area contributed by atoms with Crippen LogP contribution in [0.4, 0.5) is 4.39 Å². The van der Waals surface area contributed by atoms with Gasteiger partial charge in [-0.1, -0.05) is 6.92 Å². The molecule has 3 rings (SSSR count). The molecule has 1 aromatic carbocycles. The minimum Gasteiger partial charge on any atom is -0.494 e. The minimum atomic E-state index is -0.785. The number of aryl methyl sites for hydroxylation is 1. The molecule has 152 valence electrons. The molecule has 2 aliphatic heterocycles. The summed E-state index contributed by atoms with van der Waals surface area (Å²) in [5, 5.41) is 2.31. The molecule has 2 fully saturated rings. The number of carbonyl (C=O) groups excluding carboxylic acids is 3. The molecule has 6 nitrogen and oxygen atoms in total. The first-order valence-electron chi connectivity index (χ1n) is 9.69. The highest BCUT2D eigenvalue weighted by atomic mass is 19.1. The second-order valence-corrected chi connectivity index (χ2v) is 8.11. The number of likely N-dealkylation sites (tertiary alicyclic amines) is 1. The third-order valence-electron chi connectivity index (χ3n) is 6.07. The van der Waals surface area contributed by atoms with Crippen molar-refractivity contribution < 1.29 is 23.5 Å². The number of nitrogens with one attached hydrogen (secondary N) is 1. The van der Waals surface area contributed by atoms with E-state index in [1.807, 2.05) is 11.8 Å². The largest absolute Gasteiger partial charge is 0.494 e. The van der Waals surface area contributed by atoms with Crippen molar-refractivity contribution in [3.63, 3.8) is 0 Å². The van der Waals surface area contributed by atoms with Crippen LogP contribution in [-0.2, 0) is 14.4 Å². The van der Waals surface area contributed by atoms with Gasteiger partial charge in [-0.25, -0.2) is 4.39 Å². The van der Waals surface area contributed by atoms with Crippen molar-refractivity contribution in [3.05, 3.63) is 29.1 Å². The zero-order chi connectivity index (χ0) is 20.5. The quantitative estimate of drug-likeness (QED) is 0.785. The van der Waals surface area contributed by atoms with Gasteiger partial charge < -0.3 is 9.64 Å². The summed E-state index contributed by atoms with van der Waals surface area (Å²) in [4.78, 5) is 37.7. The summed E-state index contributed by atoms with van der Waals surface area (Å²) in [6.07, 6.45) is 2.38. The van der Waals surface area contributed by atoms with E-state index in [2.05, 4.69) is 5.32 Å². The molecule has 1 aromatic rings. The zero-order valence-corrected chi connectivity index (χ0v) is 16.6. The summed E-state index contributed by atoms with van der Waals surface area (Å²) < 4.78 is 18.9. The molecule has 0 saturated carbocycles. The van der Waals surface area contributed by atoms with Crippen molar-refractivity contribution in [2.45, 2.75) is 51.9 Å². The van der Waals surface area contributed by atoms with Crippen LogP contribution >= 0.6 is 0 Å². The summed E-state index contributed by atoms with van der Waals surface area (Å²) in [5.41, 5.74) is 1.18. The van der Waals surface area contributed by atoms with Crippen LogP contribution in [0.2, 0.25) is 0 Å². The lowest BCUT2D eigenvalue weighted by molar-refractivity contribution is -0.133. The Balaban J connectivity index is 1.56. The Hall–Kier alpha value is -2.44. The summed E-state index contributed by atoms with van der Waals surface area (Å²) in [5.74, 6) is -0.402. The molecule has 2 aliphatic rings. The predicted molar refractivity (Wildman–Crippen MR) is 101 cm³/mol. The van der Waals surface area contributed by atoms with Gasteiger partial charge in [0.15, 0.2) is 11.6 Å². The van der Waals surface area contributed by atoms with Gasteiger partial charge in [-0.05, 0) is 55.4 Å². The molecule has 3 amide bonds. The number of benzene rings is 1. The van der Waals surface area contributed by atoms with E-state index in [0.29, 0.717) is 19.5 Å². The van der Waals surface area contributed by atoms with Crippen LogP contribution in [-0.4, -0.2) is 42.8 Å². The summed E-state index contributed by atoms with van der Waals surface area (Å²) in [6, 6.07) is 3.27. The van der Waals surface area contributed by atoms with E-state index in [0.717, 1.165) is 24.0 Å². The maximum absolute atomic E-state index is 13.8. The molecule has 0 radical (unpaired) electrons. The third kappa shape index (κ3) is 4.03. The van der Waals surface area contributed by atoms with Gasteiger partial charge in [0.2, 0.25) is 17.7 Å². The topological polar surface area (TPSA) is 75.7 Å². The number of methoxy groups -OCH3 is 1. The van der Waals surface area contributed by atoms with E-state index in [1.54, 1.807) is 13.0 Å². The van der Waals surface area contributed by atoms with Gasteiger partial charge in [-0.2, -0.15) is 0 Å². The lowest BCUT2D eigenvalue weighted by atomic mass is 9.83. The van der Waals surface area contributed by atoms with Gasteiger partial charge in [0.1, 0.15) is 0 Å². The fraction of sp³-hybridized carbons (Fsp3) is 0.571. The Morgan fingerprint density at radius 1 is 1.32 bits per heavy atom. The molecule has 2 heterocycles. The van der Waals surface area contributed by atoms with Gasteiger partial charge in [0.25, 0.3) is 0 Å². The molecule has 0 aliphatic carbocycles. The molecule has 0 aromatic heterocycles. The first kappa shape index (κ1) is 20.3. The lowest BCUT2D eigenvalue weighted by Crippen LogP contribution is -2.39. The van der Waals surface area contributed by atoms with Crippen molar-refractivity contribution in [3.8, 4) is 5.75 Å².